The Balaban J connectivity index is 1.39. The maximum absolute atomic E-state index is 14.8. The van der Waals surface area contributed by atoms with Crippen LogP contribution in [-0.2, 0) is 21.4 Å². The number of carbonyl (C=O) groups is 2. The molecule has 0 spiro atoms. The molecule has 1 aliphatic carbocycles. The second-order valence-electron chi connectivity index (χ2n) is 10.1. The lowest BCUT2D eigenvalue weighted by Crippen LogP contribution is -2.43. The van der Waals surface area contributed by atoms with Crippen molar-refractivity contribution in [1.82, 2.24) is 10.2 Å². The molecular formula is C26H21ClF7N3O3. The summed E-state index contributed by atoms with van der Waals surface area (Å²) < 4.78 is 97.6. The SMILES string of the molecule is Cc1cc(C2=NOC(c3cc(C(F)(F)F)cc(Cl)c3F)(C(F)(F)F)C2)ccc1C(=O)NC1CCN(C2CC2)C1=O. The number of rotatable bonds is 5. The minimum atomic E-state index is -5.39. The molecule has 0 bridgehead atoms. The van der Waals surface area contributed by atoms with Gasteiger partial charge in [-0.1, -0.05) is 22.8 Å². The molecule has 2 fully saturated rings. The third kappa shape index (κ3) is 4.88. The molecule has 2 unspecified atom stereocenters. The number of hydrogen-bond acceptors (Lipinski definition) is 4. The number of alkyl halides is 6. The Morgan fingerprint density at radius 1 is 1.12 bits per heavy atom. The average molecular weight is 592 g/mol. The molecule has 0 aromatic heterocycles. The Bertz CT molecular complexity index is 1420. The van der Waals surface area contributed by atoms with Crippen LogP contribution in [0.25, 0.3) is 0 Å². The summed E-state index contributed by atoms with van der Waals surface area (Å²) in [5.41, 5.74) is -6.35. The van der Waals surface area contributed by atoms with Crippen LogP contribution in [0.15, 0.2) is 35.5 Å². The van der Waals surface area contributed by atoms with Crippen LogP contribution in [0.5, 0.6) is 0 Å². The van der Waals surface area contributed by atoms with Gasteiger partial charge in [-0.3, -0.25) is 9.59 Å². The van der Waals surface area contributed by atoms with Crippen LogP contribution in [0.3, 0.4) is 0 Å². The summed E-state index contributed by atoms with van der Waals surface area (Å²) in [6, 6.07) is 3.72. The molecule has 1 saturated heterocycles. The zero-order valence-electron chi connectivity index (χ0n) is 20.7. The number of nitrogens with zero attached hydrogens (tertiary/aromatic N) is 2. The average Bonchev–Trinajstić information content (AvgIpc) is 3.48. The standard InChI is InChI=1S/C26H21ClF7N3O3/c1-12-8-13(2-5-16(12)22(38)35-19-6-7-37(23(19)39)15-3-4-15)20-11-24(40-36-20,26(32,33)34)17-9-14(25(29,30)31)10-18(27)21(17)28/h2,5,8-10,15,19H,3-4,6-7,11H2,1H3,(H,35,38). The molecule has 2 atom stereocenters. The van der Waals surface area contributed by atoms with Crippen LogP contribution < -0.4 is 5.32 Å². The number of aryl methyl sites for hydroxylation is 1. The van der Waals surface area contributed by atoms with E-state index in [9.17, 15) is 40.3 Å². The molecule has 2 heterocycles. The van der Waals surface area contributed by atoms with Crippen LogP contribution >= 0.6 is 11.6 Å². The molecule has 214 valence electrons. The predicted molar refractivity (Wildman–Crippen MR) is 128 cm³/mol. The highest BCUT2D eigenvalue weighted by molar-refractivity contribution is 6.30. The first-order valence-electron chi connectivity index (χ1n) is 12.2. The van der Waals surface area contributed by atoms with Crippen molar-refractivity contribution in [2.45, 2.75) is 62.6 Å². The van der Waals surface area contributed by atoms with E-state index in [0.717, 1.165) is 12.8 Å². The number of oxime groups is 1. The molecule has 14 heteroatoms. The second kappa shape index (κ2) is 9.64. The maximum atomic E-state index is 14.8. The van der Waals surface area contributed by atoms with Gasteiger partial charge in [0.15, 0.2) is 0 Å². The van der Waals surface area contributed by atoms with E-state index in [2.05, 4.69) is 15.3 Å². The first kappa shape index (κ1) is 28.2. The second-order valence-corrected chi connectivity index (χ2v) is 10.5. The molecule has 2 aromatic carbocycles. The number of amides is 2. The summed E-state index contributed by atoms with van der Waals surface area (Å²) in [6.07, 6.45) is -9.31. The van der Waals surface area contributed by atoms with E-state index >= 15 is 0 Å². The first-order chi connectivity index (χ1) is 18.6. The highest BCUT2D eigenvalue weighted by atomic mass is 35.5. The largest absolute Gasteiger partial charge is 0.435 e. The van der Waals surface area contributed by atoms with Gasteiger partial charge >= 0.3 is 12.4 Å². The topological polar surface area (TPSA) is 71.0 Å². The fourth-order valence-electron chi connectivity index (χ4n) is 5.00. The Morgan fingerprint density at radius 3 is 2.42 bits per heavy atom. The van der Waals surface area contributed by atoms with Crippen molar-refractivity contribution >= 4 is 29.1 Å². The molecule has 2 amide bonds. The Labute approximate surface area is 228 Å². The summed E-state index contributed by atoms with van der Waals surface area (Å²) in [5, 5.41) is 5.00. The minimum Gasteiger partial charge on any atom is -0.374 e. The fourth-order valence-corrected chi connectivity index (χ4v) is 5.22. The molecule has 40 heavy (non-hydrogen) atoms. The number of benzene rings is 2. The number of hydrogen-bond donors (Lipinski definition) is 1. The van der Waals surface area contributed by atoms with Crippen LogP contribution in [0, 0.1) is 12.7 Å². The molecule has 3 aliphatic rings. The van der Waals surface area contributed by atoms with E-state index in [-0.39, 0.29) is 40.9 Å². The molecule has 0 radical (unpaired) electrons. The zero-order chi connectivity index (χ0) is 29.2. The molecule has 1 saturated carbocycles. The Hall–Kier alpha value is -3.35. The maximum Gasteiger partial charge on any atom is 0.435 e. The number of nitrogens with one attached hydrogen (secondary N) is 1. The molecule has 2 aromatic rings. The normalized spacial score (nSPS) is 23.3. The van der Waals surface area contributed by atoms with Crippen LogP contribution in [-0.4, -0.2) is 47.2 Å². The van der Waals surface area contributed by atoms with E-state index in [1.165, 1.54) is 25.1 Å². The lowest BCUT2D eigenvalue weighted by atomic mass is 9.85. The van der Waals surface area contributed by atoms with E-state index < -0.39 is 58.3 Å². The van der Waals surface area contributed by atoms with Crippen LogP contribution in [0.1, 0.15) is 58.3 Å². The highest BCUT2D eigenvalue weighted by Crippen LogP contribution is 2.51. The zero-order valence-corrected chi connectivity index (χ0v) is 21.5. The molecule has 6 nitrogen and oxygen atoms in total. The van der Waals surface area contributed by atoms with Gasteiger partial charge in [0.05, 0.1) is 22.7 Å². The quantitative estimate of drug-likeness (QED) is 0.442. The third-order valence-corrected chi connectivity index (χ3v) is 7.59. The lowest BCUT2D eigenvalue weighted by molar-refractivity contribution is -0.276. The van der Waals surface area contributed by atoms with E-state index in [1.54, 1.807) is 4.90 Å². The van der Waals surface area contributed by atoms with Crippen molar-refractivity contribution in [3.8, 4) is 0 Å². The van der Waals surface area contributed by atoms with Gasteiger partial charge < -0.3 is 15.1 Å². The monoisotopic (exact) mass is 591 g/mol. The van der Waals surface area contributed by atoms with Gasteiger partial charge in [-0.15, -0.1) is 0 Å². The highest BCUT2D eigenvalue weighted by Gasteiger charge is 2.64. The van der Waals surface area contributed by atoms with E-state index in [1.807, 2.05) is 0 Å². The van der Waals surface area contributed by atoms with Gasteiger partial charge in [0.25, 0.3) is 11.5 Å². The van der Waals surface area contributed by atoms with Crippen molar-refractivity contribution in [2.24, 2.45) is 5.16 Å². The molecule has 1 N–H and O–H groups in total. The number of halogens is 8. The van der Waals surface area contributed by atoms with Gasteiger partial charge in [0.1, 0.15) is 11.9 Å². The number of likely N-dealkylation sites (tertiary alicyclic amines) is 1. The summed E-state index contributed by atoms with van der Waals surface area (Å²) in [7, 11) is 0. The fraction of sp³-hybridized carbons (Fsp3) is 0.423. The van der Waals surface area contributed by atoms with Crippen molar-refractivity contribution in [2.75, 3.05) is 6.54 Å². The van der Waals surface area contributed by atoms with Gasteiger partial charge in [0.2, 0.25) is 5.91 Å². The van der Waals surface area contributed by atoms with Gasteiger partial charge in [-0.2, -0.15) is 26.3 Å². The summed E-state index contributed by atoms with van der Waals surface area (Å²) >= 11 is 5.54. The summed E-state index contributed by atoms with van der Waals surface area (Å²) in [5.74, 6) is -2.42. The molecular weight excluding hydrogens is 571 g/mol. The van der Waals surface area contributed by atoms with Gasteiger partial charge in [0, 0.05) is 23.7 Å². The van der Waals surface area contributed by atoms with Crippen molar-refractivity contribution in [3.05, 3.63) is 69.0 Å². The predicted octanol–water partition coefficient (Wildman–Crippen LogP) is 5.88. The van der Waals surface area contributed by atoms with Crippen LogP contribution in [0.2, 0.25) is 5.02 Å². The van der Waals surface area contributed by atoms with Gasteiger partial charge in [-0.25, -0.2) is 4.39 Å². The van der Waals surface area contributed by atoms with Gasteiger partial charge in [-0.05, 0) is 61.6 Å². The summed E-state index contributed by atoms with van der Waals surface area (Å²) in [4.78, 5) is 31.8. The summed E-state index contributed by atoms with van der Waals surface area (Å²) in [6.45, 7) is 2.07. The minimum absolute atomic E-state index is 0.0144. The number of carbonyl (C=O) groups excluding carboxylic acids is 2. The van der Waals surface area contributed by atoms with E-state index in [4.69, 9.17) is 11.6 Å². The molecule has 2 aliphatic heterocycles. The lowest BCUT2D eigenvalue weighted by Gasteiger charge is -2.30. The smallest absolute Gasteiger partial charge is 0.374 e. The Kier molecular flexibility index (Phi) is 6.79. The van der Waals surface area contributed by atoms with Crippen molar-refractivity contribution < 1.29 is 45.2 Å². The molecule has 5 rings (SSSR count). The third-order valence-electron chi connectivity index (χ3n) is 7.31. The Morgan fingerprint density at radius 2 is 1.82 bits per heavy atom. The van der Waals surface area contributed by atoms with Crippen molar-refractivity contribution in [1.29, 1.82) is 0 Å². The van der Waals surface area contributed by atoms with Crippen LogP contribution in [0.4, 0.5) is 30.7 Å². The first-order valence-corrected chi connectivity index (χ1v) is 12.6. The van der Waals surface area contributed by atoms with Crippen molar-refractivity contribution in [3.63, 3.8) is 0 Å². The van der Waals surface area contributed by atoms with E-state index in [0.29, 0.717) is 18.5 Å².